The van der Waals surface area contributed by atoms with E-state index in [2.05, 4.69) is 47.1 Å². The maximum Gasteiger partial charge on any atom is 0.119 e. The molecule has 3 nitrogen and oxygen atoms in total. The van der Waals surface area contributed by atoms with Crippen molar-refractivity contribution in [2.24, 2.45) is 0 Å². The lowest BCUT2D eigenvalue weighted by atomic mass is 9.96. The molecule has 1 aliphatic heterocycles. The first-order chi connectivity index (χ1) is 11.9. The fourth-order valence-corrected chi connectivity index (χ4v) is 3.43. The van der Waals surface area contributed by atoms with Crippen molar-refractivity contribution in [1.29, 1.82) is 0 Å². The molecule has 2 heterocycles. The number of ether oxygens (including phenoxy) is 1. The van der Waals surface area contributed by atoms with E-state index in [1.54, 1.807) is 0 Å². The average Bonchev–Trinajstić information content (AvgIpc) is 2.64. The highest BCUT2D eigenvalue weighted by Gasteiger charge is 2.24. The molecule has 1 fully saturated rings. The lowest BCUT2D eigenvalue weighted by Crippen LogP contribution is -2.32. The van der Waals surface area contributed by atoms with Gasteiger partial charge in [0, 0.05) is 25.0 Å². The lowest BCUT2D eigenvalue weighted by Gasteiger charge is -2.36. The summed E-state index contributed by atoms with van der Waals surface area (Å²) in [6.45, 7) is 5.13. The number of benzene rings is 1. The van der Waals surface area contributed by atoms with Crippen LogP contribution in [0, 0.1) is 0 Å². The van der Waals surface area contributed by atoms with Crippen molar-refractivity contribution in [3.05, 3.63) is 59.9 Å². The summed E-state index contributed by atoms with van der Waals surface area (Å²) in [5.41, 5.74) is 2.67. The van der Waals surface area contributed by atoms with Gasteiger partial charge in [0.2, 0.25) is 0 Å². The van der Waals surface area contributed by atoms with Crippen LogP contribution >= 0.6 is 24.8 Å². The maximum atomic E-state index is 5.86. The van der Waals surface area contributed by atoms with Crippen molar-refractivity contribution >= 4 is 24.8 Å². The van der Waals surface area contributed by atoms with E-state index in [-0.39, 0.29) is 24.8 Å². The Hall–Kier alpha value is -1.29. The molecule has 5 heteroatoms. The van der Waals surface area contributed by atoms with Gasteiger partial charge in [-0.3, -0.25) is 9.88 Å². The molecule has 1 aromatic heterocycles. The Balaban J connectivity index is 0.00000169. The van der Waals surface area contributed by atoms with Crippen LogP contribution in [-0.2, 0) is 6.54 Å². The van der Waals surface area contributed by atoms with Crippen molar-refractivity contribution in [3.63, 3.8) is 0 Å². The van der Waals surface area contributed by atoms with Gasteiger partial charge in [0.1, 0.15) is 5.75 Å². The summed E-state index contributed by atoms with van der Waals surface area (Å²) in [4.78, 5) is 6.90. The Morgan fingerprint density at radius 2 is 2.04 bits per heavy atom. The van der Waals surface area contributed by atoms with E-state index in [1.165, 1.54) is 36.8 Å². The molecule has 1 unspecified atom stereocenters. The van der Waals surface area contributed by atoms with E-state index in [9.17, 15) is 0 Å². The van der Waals surface area contributed by atoms with Gasteiger partial charge in [0.25, 0.3) is 0 Å². The zero-order chi connectivity index (χ0) is 16.6. The van der Waals surface area contributed by atoms with Gasteiger partial charge in [0.05, 0.1) is 6.61 Å². The average molecular weight is 397 g/mol. The second-order valence-corrected chi connectivity index (χ2v) is 6.62. The second kappa shape index (κ2) is 12.2. The van der Waals surface area contributed by atoms with Gasteiger partial charge in [-0.25, -0.2) is 0 Å². The van der Waals surface area contributed by atoms with Crippen LogP contribution in [0.25, 0.3) is 0 Å². The van der Waals surface area contributed by atoms with Gasteiger partial charge < -0.3 is 4.74 Å². The number of likely N-dealkylation sites (tertiary alicyclic amines) is 1. The highest BCUT2D eigenvalue weighted by Crippen LogP contribution is 2.32. The Bertz CT molecular complexity index is 624. The van der Waals surface area contributed by atoms with Gasteiger partial charge in [-0.1, -0.05) is 38.0 Å². The van der Waals surface area contributed by atoms with Crippen LogP contribution < -0.4 is 4.74 Å². The zero-order valence-corrected chi connectivity index (χ0v) is 17.1. The van der Waals surface area contributed by atoms with Crippen molar-refractivity contribution < 1.29 is 4.74 Å². The molecule has 1 saturated heterocycles. The predicted molar refractivity (Wildman–Crippen MR) is 113 cm³/mol. The van der Waals surface area contributed by atoms with E-state index >= 15 is 0 Å². The molecule has 1 aromatic carbocycles. The van der Waals surface area contributed by atoms with Crippen LogP contribution in [0.4, 0.5) is 0 Å². The van der Waals surface area contributed by atoms with Crippen molar-refractivity contribution in [2.45, 2.75) is 51.6 Å². The minimum absolute atomic E-state index is 0. The molecule has 1 atom stereocenters. The van der Waals surface area contributed by atoms with E-state index in [0.717, 1.165) is 31.9 Å². The molecule has 2 aromatic rings. The second-order valence-electron chi connectivity index (χ2n) is 6.62. The minimum atomic E-state index is 0. The Morgan fingerprint density at radius 3 is 2.81 bits per heavy atom. The molecule has 0 N–H and O–H groups in total. The minimum Gasteiger partial charge on any atom is -0.494 e. The van der Waals surface area contributed by atoms with Crippen LogP contribution in [0.1, 0.15) is 56.2 Å². The molecule has 0 amide bonds. The number of unbranched alkanes of at least 4 members (excludes halogenated alkanes) is 1. The molecule has 0 saturated carbocycles. The number of hydrogen-bond acceptors (Lipinski definition) is 3. The van der Waals surface area contributed by atoms with Crippen LogP contribution in [0.15, 0.2) is 48.8 Å². The summed E-state index contributed by atoms with van der Waals surface area (Å²) in [5, 5.41) is 0. The Labute approximate surface area is 170 Å². The normalized spacial score (nSPS) is 17.0. The zero-order valence-electron chi connectivity index (χ0n) is 15.5. The first-order valence-electron chi connectivity index (χ1n) is 9.22. The van der Waals surface area contributed by atoms with Gasteiger partial charge >= 0.3 is 0 Å². The number of rotatable bonds is 7. The summed E-state index contributed by atoms with van der Waals surface area (Å²) in [7, 11) is 0. The number of aromatic nitrogens is 1. The summed E-state index contributed by atoms with van der Waals surface area (Å²) < 4.78 is 5.86. The SMILES string of the molecule is CCCCOc1cccc(CN2CCCCC2c2cccnc2)c1.Cl.Cl. The van der Waals surface area contributed by atoms with E-state index in [1.807, 2.05) is 18.5 Å². The number of nitrogens with zero attached hydrogens (tertiary/aromatic N) is 2. The molecule has 26 heavy (non-hydrogen) atoms. The van der Waals surface area contributed by atoms with Gasteiger partial charge in [0.15, 0.2) is 0 Å². The molecule has 0 aliphatic carbocycles. The molecule has 1 aliphatic rings. The third-order valence-corrected chi connectivity index (χ3v) is 4.73. The molecule has 3 rings (SSSR count). The maximum absolute atomic E-state index is 5.86. The van der Waals surface area contributed by atoms with E-state index in [0.29, 0.717) is 6.04 Å². The largest absolute Gasteiger partial charge is 0.494 e. The third-order valence-electron chi connectivity index (χ3n) is 4.73. The van der Waals surface area contributed by atoms with Crippen LogP contribution in [0.2, 0.25) is 0 Å². The van der Waals surface area contributed by atoms with Crippen LogP contribution in [-0.4, -0.2) is 23.0 Å². The molecular formula is C21H30Cl2N2O. The monoisotopic (exact) mass is 396 g/mol. The number of pyridine rings is 1. The van der Waals surface area contributed by atoms with E-state index < -0.39 is 0 Å². The molecule has 0 radical (unpaired) electrons. The van der Waals surface area contributed by atoms with Crippen molar-refractivity contribution in [1.82, 2.24) is 9.88 Å². The molecular weight excluding hydrogens is 367 g/mol. The van der Waals surface area contributed by atoms with Crippen LogP contribution in [0.5, 0.6) is 5.75 Å². The highest BCUT2D eigenvalue weighted by atomic mass is 35.5. The Kier molecular flexibility index (Phi) is 10.6. The summed E-state index contributed by atoms with van der Waals surface area (Å²) in [6, 6.07) is 13.3. The third kappa shape index (κ3) is 6.46. The molecule has 0 spiro atoms. The quantitative estimate of drug-likeness (QED) is 0.550. The van der Waals surface area contributed by atoms with E-state index in [4.69, 9.17) is 4.74 Å². The van der Waals surface area contributed by atoms with Gasteiger partial charge in [-0.2, -0.15) is 0 Å². The topological polar surface area (TPSA) is 25.4 Å². The van der Waals surface area contributed by atoms with Gasteiger partial charge in [-0.05, 0) is 55.1 Å². The van der Waals surface area contributed by atoms with Gasteiger partial charge in [-0.15, -0.1) is 24.8 Å². The number of hydrogen-bond donors (Lipinski definition) is 0. The molecule has 0 bridgehead atoms. The fraction of sp³-hybridized carbons (Fsp3) is 0.476. The standard InChI is InChI=1S/C21H28N2O.2ClH/c1-2-3-14-24-20-10-6-8-18(15-20)17-23-13-5-4-11-21(23)19-9-7-12-22-16-19;;/h6-10,12,15-16,21H,2-5,11,13-14,17H2,1H3;2*1H. The number of piperidine rings is 1. The summed E-state index contributed by atoms with van der Waals surface area (Å²) >= 11 is 0. The van der Waals surface area contributed by atoms with Crippen LogP contribution in [0.3, 0.4) is 0 Å². The summed E-state index contributed by atoms with van der Waals surface area (Å²) in [5.74, 6) is 0.996. The number of halogens is 2. The summed E-state index contributed by atoms with van der Waals surface area (Å²) in [6.07, 6.45) is 9.96. The van der Waals surface area contributed by atoms with Crippen molar-refractivity contribution in [2.75, 3.05) is 13.2 Å². The molecule has 144 valence electrons. The fourth-order valence-electron chi connectivity index (χ4n) is 3.43. The predicted octanol–water partition coefficient (Wildman–Crippen LogP) is 5.83. The van der Waals surface area contributed by atoms with Crippen molar-refractivity contribution in [3.8, 4) is 5.75 Å². The highest BCUT2D eigenvalue weighted by molar-refractivity contribution is 5.85. The lowest BCUT2D eigenvalue weighted by molar-refractivity contribution is 0.140. The first kappa shape index (κ1) is 22.8. The Morgan fingerprint density at radius 1 is 1.15 bits per heavy atom. The smallest absolute Gasteiger partial charge is 0.119 e. The first-order valence-corrected chi connectivity index (χ1v) is 9.22.